The Hall–Kier alpha value is -4.72. The number of ether oxygens (including phenoxy) is 2. The van der Waals surface area contributed by atoms with Crippen molar-refractivity contribution in [3.8, 4) is 23.1 Å². The van der Waals surface area contributed by atoms with Crippen molar-refractivity contribution in [1.29, 1.82) is 0 Å². The third-order valence-corrected chi connectivity index (χ3v) is 9.74. The van der Waals surface area contributed by atoms with Crippen molar-refractivity contribution in [3.63, 3.8) is 0 Å². The second-order valence-corrected chi connectivity index (χ2v) is 12.7. The fourth-order valence-electron chi connectivity index (χ4n) is 6.42. The van der Waals surface area contributed by atoms with E-state index >= 15 is 0 Å². The number of hydrogen-bond donors (Lipinski definition) is 1. The molecule has 0 bridgehead atoms. The molecule has 1 saturated heterocycles. The van der Waals surface area contributed by atoms with E-state index in [1.165, 1.54) is 7.11 Å². The molecule has 4 aromatic rings. The van der Waals surface area contributed by atoms with Gasteiger partial charge in [0.1, 0.15) is 18.1 Å². The number of rotatable bonds is 11. The van der Waals surface area contributed by atoms with E-state index < -0.39 is 34.7 Å². The van der Waals surface area contributed by atoms with E-state index in [-0.39, 0.29) is 24.5 Å². The zero-order valence-corrected chi connectivity index (χ0v) is 27.8. The van der Waals surface area contributed by atoms with Gasteiger partial charge >= 0.3 is 0 Å². The molecule has 0 spiro atoms. The molecule has 6 rings (SSSR count). The number of nitrogens with zero attached hydrogens (tertiary/aromatic N) is 6. The van der Waals surface area contributed by atoms with E-state index in [4.69, 9.17) is 24.0 Å². The molecule has 0 radical (unpaired) electrons. The predicted octanol–water partition coefficient (Wildman–Crippen LogP) is 5.55. The highest BCUT2D eigenvalue weighted by atomic mass is 19.2. The smallest absolute Gasteiger partial charge is 0.276 e. The topological polar surface area (TPSA) is 119 Å². The molecule has 14 heteroatoms. The number of anilines is 1. The lowest BCUT2D eigenvalue weighted by atomic mass is 9.68. The van der Waals surface area contributed by atoms with Gasteiger partial charge in [0, 0.05) is 44.3 Å². The maximum atomic E-state index is 14.9. The molecular formula is C35H40F3N7O4. The molecule has 1 amide bonds. The van der Waals surface area contributed by atoms with Gasteiger partial charge in [-0.05, 0) is 74.9 Å². The summed E-state index contributed by atoms with van der Waals surface area (Å²) in [5.74, 6) is -3.68. The van der Waals surface area contributed by atoms with Gasteiger partial charge < -0.3 is 29.1 Å². The molecule has 1 aliphatic carbocycles. The van der Waals surface area contributed by atoms with Crippen molar-refractivity contribution >= 4 is 11.9 Å². The monoisotopic (exact) mass is 679 g/mol. The van der Waals surface area contributed by atoms with Crippen LogP contribution in [-0.4, -0.2) is 77.8 Å². The lowest BCUT2D eigenvalue weighted by Crippen LogP contribution is -2.45. The van der Waals surface area contributed by atoms with Crippen LogP contribution in [0.1, 0.15) is 60.8 Å². The number of benzene rings is 2. The summed E-state index contributed by atoms with van der Waals surface area (Å²) in [6.07, 6.45) is 5.47. The highest BCUT2D eigenvalue weighted by Crippen LogP contribution is 2.43. The number of methoxy groups -OCH3 is 1. The first-order valence-electron chi connectivity index (χ1n) is 16.5. The summed E-state index contributed by atoms with van der Waals surface area (Å²) in [6, 6.07) is 9.08. The maximum Gasteiger partial charge on any atom is 0.276 e. The number of halogens is 3. The molecule has 1 aliphatic heterocycles. The predicted molar refractivity (Wildman–Crippen MR) is 175 cm³/mol. The summed E-state index contributed by atoms with van der Waals surface area (Å²) < 4.78 is 60.6. The van der Waals surface area contributed by atoms with E-state index in [2.05, 4.69) is 39.2 Å². The second-order valence-electron chi connectivity index (χ2n) is 12.7. The van der Waals surface area contributed by atoms with Crippen LogP contribution in [0.2, 0.25) is 0 Å². The van der Waals surface area contributed by atoms with Crippen molar-refractivity contribution in [2.75, 3.05) is 51.8 Å². The molecule has 11 nitrogen and oxygen atoms in total. The molecule has 2 fully saturated rings. The first-order valence-corrected chi connectivity index (χ1v) is 16.5. The van der Waals surface area contributed by atoms with Crippen LogP contribution in [0.3, 0.4) is 0 Å². The Morgan fingerprint density at radius 1 is 1.04 bits per heavy atom. The van der Waals surface area contributed by atoms with Crippen LogP contribution in [0.4, 0.5) is 19.1 Å². The van der Waals surface area contributed by atoms with Crippen LogP contribution in [-0.2, 0) is 12.0 Å². The van der Waals surface area contributed by atoms with Gasteiger partial charge in [-0.2, -0.15) is 9.37 Å². The average Bonchev–Trinajstić information content (AvgIpc) is 3.64. The van der Waals surface area contributed by atoms with Gasteiger partial charge in [0.2, 0.25) is 11.8 Å². The van der Waals surface area contributed by atoms with E-state index in [9.17, 15) is 18.0 Å². The Labute approximate surface area is 282 Å². The Kier molecular flexibility index (Phi) is 10.3. The van der Waals surface area contributed by atoms with Gasteiger partial charge in [-0.25, -0.2) is 18.7 Å². The quantitative estimate of drug-likeness (QED) is 0.202. The zero-order valence-electron chi connectivity index (χ0n) is 27.8. The van der Waals surface area contributed by atoms with Gasteiger partial charge in [-0.1, -0.05) is 24.2 Å². The van der Waals surface area contributed by atoms with Crippen molar-refractivity contribution < 1.29 is 32.0 Å². The van der Waals surface area contributed by atoms with Crippen LogP contribution >= 0.6 is 0 Å². The first kappa shape index (κ1) is 34.2. The van der Waals surface area contributed by atoms with Crippen molar-refractivity contribution in [2.24, 2.45) is 5.92 Å². The normalized spacial score (nSPS) is 19.9. The number of nitrogens with one attached hydrogen (secondary N) is 1. The third kappa shape index (κ3) is 7.48. The fourth-order valence-corrected chi connectivity index (χ4v) is 6.42. The summed E-state index contributed by atoms with van der Waals surface area (Å²) >= 11 is 0. The van der Waals surface area contributed by atoms with Crippen LogP contribution in [0.5, 0.6) is 11.5 Å². The van der Waals surface area contributed by atoms with E-state index in [1.807, 2.05) is 0 Å². The number of carbonyl (C=O) groups excluding carboxylic acids is 1. The summed E-state index contributed by atoms with van der Waals surface area (Å²) in [5, 5.41) is 7.02. The second kappa shape index (κ2) is 14.8. The summed E-state index contributed by atoms with van der Waals surface area (Å²) in [6.45, 7) is 5.66. The largest absolute Gasteiger partial charge is 0.497 e. The number of carbonyl (C=O) groups is 1. The molecule has 260 valence electrons. The number of likely N-dealkylation sites (N-methyl/N-ethyl adjacent to an activating group) is 1. The van der Waals surface area contributed by atoms with Crippen molar-refractivity contribution in [3.05, 3.63) is 77.0 Å². The van der Waals surface area contributed by atoms with Gasteiger partial charge in [-0.15, -0.1) is 0 Å². The van der Waals surface area contributed by atoms with E-state index in [0.29, 0.717) is 40.7 Å². The van der Waals surface area contributed by atoms with Gasteiger partial charge in [0.25, 0.3) is 11.8 Å². The SMILES string of the molecule is CCC1(c2noc(-c3ccnc(N4CCN(C)CC4)n3)n2)CCC(CNC(=O)c2cc(F)c(OCc3ccc(OC)cc3)c(F)c2F)CC1. The standard InChI is InChI=1S/C35H40F3N7O4/c1-4-35(33-42-32(49-43-33)27-11-14-39-34(41-27)45-17-15-44(2)16-18-45)12-9-22(10-13-35)20-40-31(46)25-19-26(36)30(29(38)28(25)37)48-21-23-5-7-24(47-3)8-6-23/h5-8,11,14,19,22H,4,9-10,12-13,15-18,20-21H2,1-3H3,(H,40,46). The molecule has 2 aliphatic rings. The van der Waals surface area contributed by atoms with Crippen molar-refractivity contribution in [2.45, 2.75) is 51.0 Å². The van der Waals surface area contributed by atoms with Gasteiger partial charge in [-0.3, -0.25) is 4.79 Å². The van der Waals surface area contributed by atoms with Gasteiger partial charge in [0.15, 0.2) is 23.2 Å². The Balaban J connectivity index is 1.04. The summed E-state index contributed by atoms with van der Waals surface area (Å²) in [7, 11) is 3.61. The van der Waals surface area contributed by atoms with Crippen LogP contribution in [0.25, 0.3) is 11.6 Å². The summed E-state index contributed by atoms with van der Waals surface area (Å²) in [5.41, 5.74) is 0.144. The number of aromatic nitrogens is 4. The van der Waals surface area contributed by atoms with Crippen LogP contribution in [0, 0.1) is 23.4 Å². The minimum Gasteiger partial charge on any atom is -0.497 e. The molecule has 2 aromatic carbocycles. The molecule has 3 heterocycles. The molecule has 0 unspecified atom stereocenters. The van der Waals surface area contributed by atoms with Crippen LogP contribution < -0.4 is 19.7 Å². The lowest BCUT2D eigenvalue weighted by molar-refractivity contribution is 0.0932. The number of hydrogen-bond acceptors (Lipinski definition) is 10. The zero-order chi connectivity index (χ0) is 34.5. The number of piperazine rings is 1. The minimum atomic E-state index is -1.55. The average molecular weight is 680 g/mol. The Morgan fingerprint density at radius 2 is 1.78 bits per heavy atom. The lowest BCUT2D eigenvalue weighted by Gasteiger charge is -2.37. The summed E-state index contributed by atoms with van der Waals surface area (Å²) in [4.78, 5) is 31.2. The van der Waals surface area contributed by atoms with E-state index in [1.54, 1.807) is 36.5 Å². The third-order valence-electron chi connectivity index (χ3n) is 9.74. The highest BCUT2D eigenvalue weighted by Gasteiger charge is 2.40. The Morgan fingerprint density at radius 3 is 2.47 bits per heavy atom. The Bertz CT molecular complexity index is 1750. The molecular weight excluding hydrogens is 639 g/mol. The first-order chi connectivity index (χ1) is 23.7. The molecule has 0 atom stereocenters. The van der Waals surface area contributed by atoms with Crippen LogP contribution in [0.15, 0.2) is 47.1 Å². The van der Waals surface area contributed by atoms with E-state index in [0.717, 1.165) is 58.3 Å². The fraction of sp³-hybridized carbons (Fsp3) is 0.457. The highest BCUT2D eigenvalue weighted by molar-refractivity contribution is 5.94. The number of amides is 1. The van der Waals surface area contributed by atoms with Crippen molar-refractivity contribution in [1.82, 2.24) is 30.3 Å². The minimum absolute atomic E-state index is 0.0767. The molecule has 2 aromatic heterocycles. The molecule has 1 N–H and O–H groups in total. The molecule has 1 saturated carbocycles. The van der Waals surface area contributed by atoms with Gasteiger partial charge in [0.05, 0.1) is 12.7 Å². The molecule has 49 heavy (non-hydrogen) atoms. The maximum absolute atomic E-state index is 14.9.